The number of nitrogens with zero attached hydrogens (tertiary/aromatic N) is 1. The number of aliphatic hydroxyl groups is 1. The molecule has 1 aromatic carbocycles. The van der Waals surface area contributed by atoms with E-state index in [1.54, 1.807) is 4.90 Å². The van der Waals surface area contributed by atoms with Crippen molar-refractivity contribution in [2.75, 3.05) is 6.54 Å². The van der Waals surface area contributed by atoms with E-state index in [2.05, 4.69) is 10.6 Å². The summed E-state index contributed by atoms with van der Waals surface area (Å²) in [6, 6.07) is 9.63. The van der Waals surface area contributed by atoms with E-state index in [0.717, 1.165) is 31.2 Å². The molecule has 24 heavy (non-hydrogen) atoms. The third kappa shape index (κ3) is 4.47. The predicted molar refractivity (Wildman–Crippen MR) is 90.2 cm³/mol. The average molecular weight is 331 g/mol. The molecular formula is C18H25N3O3. The summed E-state index contributed by atoms with van der Waals surface area (Å²) in [4.78, 5) is 26.0. The number of carbonyl (C=O) groups is 2. The van der Waals surface area contributed by atoms with E-state index < -0.39 is 0 Å². The van der Waals surface area contributed by atoms with Crippen molar-refractivity contribution in [3.8, 4) is 0 Å². The van der Waals surface area contributed by atoms with Crippen LogP contribution >= 0.6 is 0 Å². The number of urea groups is 1. The van der Waals surface area contributed by atoms with E-state index >= 15 is 0 Å². The summed E-state index contributed by atoms with van der Waals surface area (Å²) in [5, 5.41) is 15.4. The molecule has 6 nitrogen and oxygen atoms in total. The Morgan fingerprint density at radius 1 is 1.08 bits per heavy atom. The van der Waals surface area contributed by atoms with Crippen LogP contribution in [0.1, 0.15) is 37.7 Å². The van der Waals surface area contributed by atoms with Gasteiger partial charge in [0, 0.05) is 25.6 Å². The van der Waals surface area contributed by atoms with Crippen molar-refractivity contribution in [2.24, 2.45) is 0 Å². The van der Waals surface area contributed by atoms with E-state index in [4.69, 9.17) is 0 Å². The molecule has 2 fully saturated rings. The zero-order valence-electron chi connectivity index (χ0n) is 13.8. The first kappa shape index (κ1) is 16.8. The average Bonchev–Trinajstić information content (AvgIpc) is 2.90. The van der Waals surface area contributed by atoms with Gasteiger partial charge in [-0.3, -0.25) is 4.79 Å². The second kappa shape index (κ2) is 7.66. The minimum absolute atomic E-state index is 0.0740. The quantitative estimate of drug-likeness (QED) is 0.780. The first-order valence-electron chi connectivity index (χ1n) is 8.67. The molecule has 3 N–H and O–H groups in total. The first-order valence-corrected chi connectivity index (χ1v) is 8.67. The van der Waals surface area contributed by atoms with Crippen molar-refractivity contribution in [3.63, 3.8) is 0 Å². The first-order chi connectivity index (χ1) is 11.6. The Hall–Kier alpha value is -2.08. The lowest BCUT2D eigenvalue weighted by atomic mass is 9.93. The van der Waals surface area contributed by atoms with Crippen LogP contribution in [0.25, 0.3) is 0 Å². The van der Waals surface area contributed by atoms with Crippen molar-refractivity contribution < 1.29 is 14.7 Å². The number of benzene rings is 1. The number of amides is 3. The SMILES string of the molecule is O=C(NC1CCC(O)CC1)N[C@@H]1CC(=O)N(Cc2ccccc2)C1. The Morgan fingerprint density at radius 3 is 2.46 bits per heavy atom. The van der Waals surface area contributed by atoms with Gasteiger partial charge in [0.1, 0.15) is 0 Å². The maximum Gasteiger partial charge on any atom is 0.315 e. The molecule has 0 radical (unpaired) electrons. The molecule has 1 aliphatic heterocycles. The molecule has 0 unspecified atom stereocenters. The van der Waals surface area contributed by atoms with Gasteiger partial charge in [0.25, 0.3) is 0 Å². The van der Waals surface area contributed by atoms with Gasteiger partial charge in [0.2, 0.25) is 5.91 Å². The Bertz CT molecular complexity index is 570. The lowest BCUT2D eigenvalue weighted by Crippen LogP contribution is -2.48. The predicted octanol–water partition coefficient (Wildman–Crippen LogP) is 1.39. The highest BCUT2D eigenvalue weighted by molar-refractivity contribution is 5.81. The minimum atomic E-state index is -0.231. The van der Waals surface area contributed by atoms with E-state index in [-0.39, 0.29) is 30.1 Å². The van der Waals surface area contributed by atoms with Gasteiger partial charge in [-0.25, -0.2) is 4.79 Å². The van der Waals surface area contributed by atoms with Crippen LogP contribution in [0.5, 0.6) is 0 Å². The Labute approximate surface area is 142 Å². The normalized spacial score (nSPS) is 27.1. The van der Waals surface area contributed by atoms with Crippen LogP contribution in [0.4, 0.5) is 4.79 Å². The fourth-order valence-electron chi connectivity index (χ4n) is 3.46. The summed E-state index contributed by atoms with van der Waals surface area (Å²) in [7, 11) is 0. The summed E-state index contributed by atoms with van der Waals surface area (Å²) < 4.78 is 0. The van der Waals surface area contributed by atoms with Gasteiger partial charge in [-0.05, 0) is 31.2 Å². The molecule has 0 bridgehead atoms. The van der Waals surface area contributed by atoms with Crippen LogP contribution in [0.2, 0.25) is 0 Å². The zero-order chi connectivity index (χ0) is 16.9. The lowest BCUT2D eigenvalue weighted by Gasteiger charge is -2.26. The van der Waals surface area contributed by atoms with E-state index in [9.17, 15) is 14.7 Å². The fraction of sp³-hybridized carbons (Fsp3) is 0.556. The van der Waals surface area contributed by atoms with E-state index in [0.29, 0.717) is 19.5 Å². The second-order valence-electron chi connectivity index (χ2n) is 6.78. The second-order valence-corrected chi connectivity index (χ2v) is 6.78. The molecule has 0 aromatic heterocycles. The summed E-state index contributed by atoms with van der Waals surface area (Å²) in [5.41, 5.74) is 1.09. The Balaban J connectivity index is 1.44. The molecule has 0 spiro atoms. The van der Waals surface area contributed by atoms with Gasteiger partial charge in [-0.15, -0.1) is 0 Å². The minimum Gasteiger partial charge on any atom is -0.393 e. The number of hydrogen-bond donors (Lipinski definition) is 3. The van der Waals surface area contributed by atoms with Gasteiger partial charge in [0.15, 0.2) is 0 Å². The smallest absolute Gasteiger partial charge is 0.315 e. The number of likely N-dealkylation sites (tertiary alicyclic amines) is 1. The van der Waals surface area contributed by atoms with Crippen LogP contribution in [0.15, 0.2) is 30.3 Å². The fourth-order valence-corrected chi connectivity index (χ4v) is 3.46. The van der Waals surface area contributed by atoms with Crippen molar-refractivity contribution in [1.82, 2.24) is 15.5 Å². The molecule has 1 heterocycles. The molecule has 1 saturated heterocycles. The maximum atomic E-state index is 12.1. The zero-order valence-corrected chi connectivity index (χ0v) is 13.8. The van der Waals surface area contributed by atoms with Gasteiger partial charge in [-0.1, -0.05) is 30.3 Å². The van der Waals surface area contributed by atoms with Crippen LogP contribution in [-0.4, -0.2) is 46.7 Å². The molecule has 2 aliphatic rings. The highest BCUT2D eigenvalue weighted by Gasteiger charge is 2.31. The molecule has 1 aromatic rings. The largest absolute Gasteiger partial charge is 0.393 e. The summed E-state index contributed by atoms with van der Waals surface area (Å²) in [6.45, 7) is 1.13. The third-order valence-corrected chi connectivity index (χ3v) is 4.80. The highest BCUT2D eigenvalue weighted by atomic mass is 16.3. The number of hydrogen-bond acceptors (Lipinski definition) is 3. The molecule has 3 rings (SSSR count). The molecular weight excluding hydrogens is 306 g/mol. The van der Waals surface area contributed by atoms with Crippen LogP contribution in [-0.2, 0) is 11.3 Å². The molecule has 1 atom stereocenters. The number of aliphatic hydroxyl groups excluding tert-OH is 1. The van der Waals surface area contributed by atoms with Gasteiger partial charge < -0.3 is 20.6 Å². The van der Waals surface area contributed by atoms with Gasteiger partial charge in [0.05, 0.1) is 12.1 Å². The standard InChI is InChI=1S/C18H25N3O3/c22-16-8-6-14(7-9-16)19-18(24)20-15-10-17(23)21(12-15)11-13-4-2-1-3-5-13/h1-5,14-16,22H,6-12H2,(H2,19,20,24)/t14?,15-,16?/m1/s1. The van der Waals surface area contributed by atoms with Crippen molar-refractivity contribution >= 4 is 11.9 Å². The van der Waals surface area contributed by atoms with Crippen molar-refractivity contribution in [3.05, 3.63) is 35.9 Å². The topological polar surface area (TPSA) is 81.7 Å². The van der Waals surface area contributed by atoms with Crippen molar-refractivity contribution in [1.29, 1.82) is 0 Å². The summed E-state index contributed by atoms with van der Waals surface area (Å²) in [6.07, 6.45) is 3.19. The van der Waals surface area contributed by atoms with Gasteiger partial charge in [-0.2, -0.15) is 0 Å². The highest BCUT2D eigenvalue weighted by Crippen LogP contribution is 2.18. The summed E-state index contributed by atoms with van der Waals surface area (Å²) in [5.74, 6) is 0.0740. The van der Waals surface area contributed by atoms with Crippen molar-refractivity contribution in [2.45, 2.75) is 56.8 Å². The third-order valence-electron chi connectivity index (χ3n) is 4.80. The van der Waals surface area contributed by atoms with E-state index in [1.807, 2.05) is 30.3 Å². The molecule has 130 valence electrons. The van der Waals surface area contributed by atoms with E-state index in [1.165, 1.54) is 0 Å². The molecule has 1 aliphatic carbocycles. The van der Waals surface area contributed by atoms with Crippen LogP contribution in [0.3, 0.4) is 0 Å². The summed E-state index contributed by atoms with van der Waals surface area (Å²) >= 11 is 0. The monoisotopic (exact) mass is 331 g/mol. The number of nitrogens with one attached hydrogen (secondary N) is 2. The van der Waals surface area contributed by atoms with Gasteiger partial charge >= 0.3 is 6.03 Å². The number of rotatable bonds is 4. The Morgan fingerprint density at radius 2 is 1.75 bits per heavy atom. The molecule has 3 amide bonds. The Kier molecular flexibility index (Phi) is 5.35. The van der Waals surface area contributed by atoms with Crippen LogP contribution in [0, 0.1) is 0 Å². The lowest BCUT2D eigenvalue weighted by molar-refractivity contribution is -0.128. The maximum absolute atomic E-state index is 12.1. The van der Waals surface area contributed by atoms with Crippen LogP contribution < -0.4 is 10.6 Å². The molecule has 1 saturated carbocycles. The number of carbonyl (C=O) groups excluding carboxylic acids is 2. The molecule has 6 heteroatoms.